The molecule has 4 heteroatoms. The Morgan fingerprint density at radius 1 is 1.33 bits per heavy atom. The molecular weight excluding hydrogens is 269 g/mol. The molecule has 1 atom stereocenters. The summed E-state index contributed by atoms with van der Waals surface area (Å²) in [7, 11) is 0. The average molecular weight is 288 g/mol. The molecule has 2 nitrogen and oxygen atoms in total. The van der Waals surface area contributed by atoms with Crippen LogP contribution in [0, 0.1) is 5.92 Å². The lowest BCUT2D eigenvalue weighted by Gasteiger charge is -2.25. The molecule has 100 valence electrons. The fraction of sp³-hybridized carbons (Fsp3) is 0.571. The van der Waals surface area contributed by atoms with Crippen molar-refractivity contribution in [3.8, 4) is 0 Å². The maximum atomic E-state index is 10.7. The van der Waals surface area contributed by atoms with Crippen molar-refractivity contribution in [1.82, 2.24) is 4.90 Å². The predicted molar refractivity (Wildman–Crippen MR) is 76.3 cm³/mol. The minimum absolute atomic E-state index is 0.505. The molecule has 1 unspecified atom stereocenters. The highest BCUT2D eigenvalue weighted by atomic mass is 35.5. The van der Waals surface area contributed by atoms with Crippen LogP contribution >= 0.6 is 23.2 Å². The SMILES string of the molecule is CC(C)CN1CCC(O)(c2ccc(Cl)c(Cl)c2)C1. The van der Waals surface area contributed by atoms with Gasteiger partial charge in [0.05, 0.1) is 10.0 Å². The highest BCUT2D eigenvalue weighted by Crippen LogP contribution is 2.35. The highest BCUT2D eigenvalue weighted by molar-refractivity contribution is 6.42. The van der Waals surface area contributed by atoms with Crippen molar-refractivity contribution in [2.75, 3.05) is 19.6 Å². The monoisotopic (exact) mass is 287 g/mol. The second-order valence-corrected chi connectivity index (χ2v) is 6.35. The molecule has 1 aromatic rings. The van der Waals surface area contributed by atoms with E-state index in [4.69, 9.17) is 23.2 Å². The van der Waals surface area contributed by atoms with Gasteiger partial charge in [-0.3, -0.25) is 4.90 Å². The van der Waals surface area contributed by atoms with Gasteiger partial charge >= 0.3 is 0 Å². The van der Waals surface area contributed by atoms with E-state index in [0.29, 0.717) is 22.5 Å². The van der Waals surface area contributed by atoms with Crippen LogP contribution in [0.4, 0.5) is 0 Å². The lowest BCUT2D eigenvalue weighted by molar-refractivity contribution is 0.0449. The molecule has 0 spiro atoms. The van der Waals surface area contributed by atoms with Crippen LogP contribution in [-0.2, 0) is 5.60 Å². The summed E-state index contributed by atoms with van der Waals surface area (Å²) in [5.74, 6) is 0.612. The fourth-order valence-corrected chi connectivity index (χ4v) is 2.86. The van der Waals surface area contributed by atoms with Crippen molar-refractivity contribution >= 4 is 23.2 Å². The van der Waals surface area contributed by atoms with Gasteiger partial charge in [0.1, 0.15) is 5.60 Å². The Balaban J connectivity index is 2.15. The summed E-state index contributed by atoms with van der Waals surface area (Å²) in [5.41, 5.74) is 0.0755. The maximum absolute atomic E-state index is 10.7. The minimum Gasteiger partial charge on any atom is -0.384 e. The maximum Gasteiger partial charge on any atom is 0.104 e. The third kappa shape index (κ3) is 3.00. The van der Waals surface area contributed by atoms with Crippen LogP contribution in [0.3, 0.4) is 0 Å². The van der Waals surface area contributed by atoms with Crippen LogP contribution in [0.1, 0.15) is 25.8 Å². The molecule has 1 saturated heterocycles. The number of benzene rings is 1. The first kappa shape index (κ1) is 14.1. The predicted octanol–water partition coefficient (Wildman–Crippen LogP) is 3.54. The van der Waals surface area contributed by atoms with Crippen LogP contribution in [0.2, 0.25) is 10.0 Å². The standard InChI is InChI=1S/C14H19Cl2NO/c1-10(2)8-17-6-5-14(18,9-17)11-3-4-12(15)13(16)7-11/h3-4,7,10,18H,5-6,8-9H2,1-2H3. The Bertz CT molecular complexity index is 436. The molecule has 1 fully saturated rings. The largest absolute Gasteiger partial charge is 0.384 e. The molecule has 0 bridgehead atoms. The molecule has 1 aliphatic heterocycles. The molecule has 0 amide bonds. The topological polar surface area (TPSA) is 23.5 Å². The number of hydrogen-bond donors (Lipinski definition) is 1. The van der Waals surface area contributed by atoms with Gasteiger partial charge in [0, 0.05) is 19.6 Å². The normalized spacial score (nSPS) is 25.0. The number of rotatable bonds is 3. The number of likely N-dealkylation sites (tertiary alicyclic amines) is 1. The number of aliphatic hydroxyl groups is 1. The molecule has 0 aromatic heterocycles. The smallest absolute Gasteiger partial charge is 0.104 e. The van der Waals surface area contributed by atoms with E-state index in [-0.39, 0.29) is 0 Å². The summed E-state index contributed by atoms with van der Waals surface area (Å²) in [4.78, 5) is 2.30. The number of nitrogens with zero attached hydrogens (tertiary/aromatic N) is 1. The summed E-state index contributed by atoms with van der Waals surface area (Å²) in [6.45, 7) is 6.99. The van der Waals surface area contributed by atoms with Gasteiger partial charge in [-0.2, -0.15) is 0 Å². The van der Waals surface area contributed by atoms with Gasteiger partial charge in [0.2, 0.25) is 0 Å². The number of β-amino-alcohol motifs (C(OH)–C–C–N with tert-alkyl or cyclic N) is 1. The zero-order valence-corrected chi connectivity index (χ0v) is 12.3. The van der Waals surface area contributed by atoms with Gasteiger partial charge in [0.15, 0.2) is 0 Å². The fourth-order valence-electron chi connectivity index (χ4n) is 2.56. The molecule has 0 radical (unpaired) electrons. The summed E-state index contributed by atoms with van der Waals surface area (Å²) in [6, 6.07) is 5.40. The molecular formula is C14H19Cl2NO. The second kappa shape index (κ2) is 5.38. The summed E-state index contributed by atoms with van der Waals surface area (Å²) < 4.78 is 0. The van der Waals surface area contributed by atoms with Crippen molar-refractivity contribution in [3.05, 3.63) is 33.8 Å². The third-order valence-electron chi connectivity index (χ3n) is 3.41. The summed E-state index contributed by atoms with van der Waals surface area (Å²) in [6.07, 6.45) is 0.748. The summed E-state index contributed by atoms with van der Waals surface area (Å²) in [5, 5.41) is 11.8. The second-order valence-electron chi connectivity index (χ2n) is 5.54. The van der Waals surface area contributed by atoms with Crippen LogP contribution in [0.25, 0.3) is 0 Å². The van der Waals surface area contributed by atoms with E-state index in [1.807, 2.05) is 6.07 Å². The van der Waals surface area contributed by atoms with Gasteiger partial charge in [-0.15, -0.1) is 0 Å². The molecule has 1 aliphatic rings. The van der Waals surface area contributed by atoms with E-state index in [0.717, 1.165) is 25.1 Å². The van der Waals surface area contributed by atoms with E-state index < -0.39 is 5.60 Å². The van der Waals surface area contributed by atoms with E-state index >= 15 is 0 Å². The molecule has 2 rings (SSSR count). The molecule has 1 heterocycles. The minimum atomic E-state index is -0.789. The van der Waals surface area contributed by atoms with E-state index in [9.17, 15) is 5.11 Å². The Labute approximate surface area is 119 Å². The lowest BCUT2D eigenvalue weighted by Crippen LogP contribution is -2.32. The van der Waals surface area contributed by atoms with Gasteiger partial charge in [-0.25, -0.2) is 0 Å². The zero-order chi connectivity index (χ0) is 13.3. The highest BCUT2D eigenvalue weighted by Gasteiger charge is 2.37. The Kier molecular flexibility index (Phi) is 4.22. The Morgan fingerprint density at radius 3 is 2.67 bits per heavy atom. The van der Waals surface area contributed by atoms with Crippen LogP contribution in [0.5, 0.6) is 0 Å². The zero-order valence-electron chi connectivity index (χ0n) is 10.8. The van der Waals surface area contributed by atoms with Gasteiger partial charge in [0.25, 0.3) is 0 Å². The third-order valence-corrected chi connectivity index (χ3v) is 4.15. The molecule has 1 aromatic carbocycles. The van der Waals surface area contributed by atoms with Crippen molar-refractivity contribution in [3.63, 3.8) is 0 Å². The van der Waals surface area contributed by atoms with Crippen molar-refractivity contribution in [2.45, 2.75) is 25.9 Å². The number of hydrogen-bond acceptors (Lipinski definition) is 2. The van der Waals surface area contributed by atoms with Crippen molar-refractivity contribution < 1.29 is 5.11 Å². The van der Waals surface area contributed by atoms with Gasteiger partial charge < -0.3 is 5.11 Å². The van der Waals surface area contributed by atoms with Crippen LogP contribution < -0.4 is 0 Å². The Hall–Kier alpha value is -0.280. The molecule has 1 N–H and O–H groups in total. The summed E-state index contributed by atoms with van der Waals surface area (Å²) >= 11 is 11.9. The lowest BCUT2D eigenvalue weighted by atomic mass is 9.93. The molecule has 0 aliphatic carbocycles. The van der Waals surface area contributed by atoms with E-state index in [1.165, 1.54) is 0 Å². The average Bonchev–Trinajstić information content (AvgIpc) is 2.64. The first-order valence-corrected chi connectivity index (χ1v) is 7.06. The first-order chi connectivity index (χ1) is 8.40. The number of halogens is 2. The van der Waals surface area contributed by atoms with E-state index in [1.54, 1.807) is 12.1 Å². The molecule has 0 saturated carbocycles. The van der Waals surface area contributed by atoms with Gasteiger partial charge in [-0.1, -0.05) is 43.1 Å². The Morgan fingerprint density at radius 2 is 2.06 bits per heavy atom. The molecule has 18 heavy (non-hydrogen) atoms. The van der Waals surface area contributed by atoms with Crippen molar-refractivity contribution in [1.29, 1.82) is 0 Å². The van der Waals surface area contributed by atoms with Crippen LogP contribution in [0.15, 0.2) is 18.2 Å². The van der Waals surface area contributed by atoms with Crippen LogP contribution in [-0.4, -0.2) is 29.6 Å². The quantitative estimate of drug-likeness (QED) is 0.919. The van der Waals surface area contributed by atoms with E-state index in [2.05, 4.69) is 18.7 Å². The first-order valence-electron chi connectivity index (χ1n) is 6.31. The van der Waals surface area contributed by atoms with Crippen molar-refractivity contribution in [2.24, 2.45) is 5.92 Å². The van der Waals surface area contributed by atoms with Gasteiger partial charge in [-0.05, 0) is 30.0 Å².